The van der Waals surface area contributed by atoms with E-state index >= 15 is 0 Å². The van der Waals surface area contributed by atoms with Crippen LogP contribution in [0.5, 0.6) is 0 Å². The number of halogens is 2. The van der Waals surface area contributed by atoms with Gasteiger partial charge in [0.2, 0.25) is 5.91 Å². The minimum Gasteiger partial charge on any atom is -0.357 e. The van der Waals surface area contributed by atoms with E-state index in [1.54, 1.807) is 6.20 Å². The predicted molar refractivity (Wildman–Crippen MR) is 106 cm³/mol. The van der Waals surface area contributed by atoms with Crippen LogP contribution in [-0.2, 0) is 4.79 Å². The van der Waals surface area contributed by atoms with Crippen LogP contribution < -0.4 is 15.5 Å². The Morgan fingerprint density at radius 3 is 2.52 bits per heavy atom. The van der Waals surface area contributed by atoms with Gasteiger partial charge in [-0.3, -0.25) is 4.79 Å². The first-order valence-corrected chi connectivity index (χ1v) is 8.99. The Morgan fingerprint density at radius 1 is 1.16 bits per heavy atom. The van der Waals surface area contributed by atoms with Crippen molar-refractivity contribution in [3.8, 4) is 0 Å². The van der Waals surface area contributed by atoms with Gasteiger partial charge in [0.1, 0.15) is 5.82 Å². The Labute approximate surface area is 162 Å². The van der Waals surface area contributed by atoms with E-state index in [9.17, 15) is 4.79 Å². The standard InChI is InChI=1S/C18H26N4O.2ClH/c23-17(15-12-18(15)6-8-19-9-7-18)21-14-4-5-16(20-13-14)22-10-2-1-3-11-22;;/h4-5,13,15,19H,1-3,6-12H2,(H,21,23);2*1H. The zero-order valence-electron chi connectivity index (χ0n) is 14.5. The van der Waals surface area contributed by atoms with E-state index in [2.05, 4.69) is 20.5 Å². The molecule has 2 N–H and O–H groups in total. The topological polar surface area (TPSA) is 57.3 Å². The highest BCUT2D eigenvalue weighted by atomic mass is 35.5. The molecule has 1 spiro atoms. The summed E-state index contributed by atoms with van der Waals surface area (Å²) in [5.41, 5.74) is 1.11. The number of hydrogen-bond acceptors (Lipinski definition) is 4. The van der Waals surface area contributed by atoms with Gasteiger partial charge in [-0.05, 0) is 69.2 Å². The second kappa shape index (κ2) is 8.56. The second-order valence-electron chi connectivity index (χ2n) is 7.31. The number of hydrogen-bond donors (Lipinski definition) is 2. The summed E-state index contributed by atoms with van der Waals surface area (Å²) in [6.07, 6.45) is 8.95. The Hall–Kier alpha value is -1.04. The number of anilines is 2. The highest BCUT2D eigenvalue weighted by Crippen LogP contribution is 2.58. The summed E-state index contributed by atoms with van der Waals surface area (Å²) in [6, 6.07) is 4.03. The molecule has 0 radical (unpaired) electrons. The average Bonchev–Trinajstić information content (AvgIpc) is 3.30. The van der Waals surface area contributed by atoms with Gasteiger partial charge in [-0.25, -0.2) is 4.98 Å². The number of nitrogens with one attached hydrogen (secondary N) is 2. The van der Waals surface area contributed by atoms with Gasteiger partial charge in [0.05, 0.1) is 11.9 Å². The summed E-state index contributed by atoms with van der Waals surface area (Å²) in [6.45, 7) is 4.29. The molecule has 140 valence electrons. The van der Waals surface area contributed by atoms with Crippen molar-refractivity contribution in [3.05, 3.63) is 18.3 Å². The molecule has 1 saturated carbocycles. The van der Waals surface area contributed by atoms with Gasteiger partial charge >= 0.3 is 0 Å². The molecule has 0 aromatic carbocycles. The van der Waals surface area contributed by atoms with Crippen molar-refractivity contribution in [3.63, 3.8) is 0 Å². The van der Waals surface area contributed by atoms with Crippen molar-refractivity contribution in [1.29, 1.82) is 0 Å². The molecule has 3 fully saturated rings. The fraction of sp³-hybridized carbons (Fsp3) is 0.667. The van der Waals surface area contributed by atoms with E-state index in [0.29, 0.717) is 0 Å². The SMILES string of the molecule is Cl.Cl.O=C(Nc1ccc(N2CCCCC2)nc1)C1CC12CCNCC2. The summed E-state index contributed by atoms with van der Waals surface area (Å²) in [7, 11) is 0. The minimum atomic E-state index is 0. The van der Waals surface area contributed by atoms with Crippen molar-refractivity contribution in [2.24, 2.45) is 11.3 Å². The number of aromatic nitrogens is 1. The van der Waals surface area contributed by atoms with Gasteiger partial charge in [-0.1, -0.05) is 0 Å². The summed E-state index contributed by atoms with van der Waals surface area (Å²) in [4.78, 5) is 19.3. The van der Waals surface area contributed by atoms with Gasteiger partial charge in [-0.2, -0.15) is 0 Å². The lowest BCUT2D eigenvalue weighted by molar-refractivity contribution is -0.118. The molecule has 3 aliphatic rings. The van der Waals surface area contributed by atoms with E-state index in [0.717, 1.165) is 56.9 Å². The van der Waals surface area contributed by atoms with E-state index in [4.69, 9.17) is 0 Å². The molecule has 1 unspecified atom stereocenters. The number of nitrogens with zero attached hydrogens (tertiary/aromatic N) is 2. The molecule has 7 heteroatoms. The number of amides is 1. The van der Waals surface area contributed by atoms with Crippen molar-refractivity contribution < 1.29 is 4.79 Å². The maximum atomic E-state index is 12.5. The molecule has 0 bridgehead atoms. The molecule has 2 aliphatic heterocycles. The summed E-state index contributed by atoms with van der Waals surface area (Å²) < 4.78 is 0. The maximum Gasteiger partial charge on any atom is 0.228 e. The van der Waals surface area contributed by atoms with Gasteiger partial charge in [0.15, 0.2) is 0 Å². The smallest absolute Gasteiger partial charge is 0.228 e. The lowest BCUT2D eigenvalue weighted by atomic mass is 9.92. The minimum absolute atomic E-state index is 0. The Balaban J connectivity index is 0.00000113. The molecule has 4 rings (SSSR count). The molecule has 1 amide bonds. The van der Waals surface area contributed by atoms with Gasteiger partial charge < -0.3 is 15.5 Å². The highest BCUT2D eigenvalue weighted by molar-refractivity contribution is 5.95. The van der Waals surface area contributed by atoms with E-state index < -0.39 is 0 Å². The lowest BCUT2D eigenvalue weighted by Crippen LogP contribution is -2.31. The van der Waals surface area contributed by atoms with Crippen molar-refractivity contribution in [1.82, 2.24) is 10.3 Å². The summed E-state index contributed by atoms with van der Waals surface area (Å²) >= 11 is 0. The number of carbonyl (C=O) groups excluding carboxylic acids is 1. The third kappa shape index (κ3) is 4.39. The Kier molecular flexibility index (Phi) is 6.94. The van der Waals surface area contributed by atoms with E-state index in [1.807, 2.05) is 12.1 Å². The van der Waals surface area contributed by atoms with Crippen LogP contribution in [0, 0.1) is 11.3 Å². The normalized spacial score (nSPS) is 24.0. The zero-order chi connectivity index (χ0) is 15.7. The van der Waals surface area contributed by atoms with Crippen LogP contribution in [0.2, 0.25) is 0 Å². The largest absolute Gasteiger partial charge is 0.357 e. The molecular weight excluding hydrogens is 359 g/mol. The van der Waals surface area contributed by atoms with E-state index in [-0.39, 0.29) is 42.1 Å². The van der Waals surface area contributed by atoms with Crippen LogP contribution in [0.1, 0.15) is 38.5 Å². The Morgan fingerprint density at radius 2 is 1.88 bits per heavy atom. The van der Waals surface area contributed by atoms with Crippen molar-refractivity contribution in [2.45, 2.75) is 38.5 Å². The molecule has 2 saturated heterocycles. The molecule has 25 heavy (non-hydrogen) atoms. The molecular formula is C18H28Cl2N4O. The predicted octanol–water partition coefficient (Wildman–Crippen LogP) is 3.24. The monoisotopic (exact) mass is 386 g/mol. The average molecular weight is 387 g/mol. The fourth-order valence-corrected chi connectivity index (χ4v) is 4.20. The van der Waals surface area contributed by atoms with Crippen molar-refractivity contribution in [2.75, 3.05) is 36.4 Å². The molecule has 1 aromatic heterocycles. The first-order valence-electron chi connectivity index (χ1n) is 8.99. The van der Waals surface area contributed by atoms with Crippen LogP contribution in [0.25, 0.3) is 0 Å². The van der Waals surface area contributed by atoms with Crippen molar-refractivity contribution >= 4 is 42.2 Å². The third-order valence-electron chi connectivity index (χ3n) is 5.80. The zero-order valence-corrected chi connectivity index (χ0v) is 16.1. The number of piperidine rings is 2. The molecule has 3 heterocycles. The molecule has 1 atom stereocenters. The van der Waals surface area contributed by atoms with Gasteiger partial charge in [-0.15, -0.1) is 24.8 Å². The second-order valence-corrected chi connectivity index (χ2v) is 7.31. The van der Waals surface area contributed by atoms with Gasteiger partial charge in [0, 0.05) is 19.0 Å². The molecule has 5 nitrogen and oxygen atoms in total. The third-order valence-corrected chi connectivity index (χ3v) is 5.80. The van der Waals surface area contributed by atoms with Crippen LogP contribution in [0.3, 0.4) is 0 Å². The van der Waals surface area contributed by atoms with Crippen LogP contribution in [0.4, 0.5) is 11.5 Å². The fourth-order valence-electron chi connectivity index (χ4n) is 4.20. The Bertz CT molecular complexity index is 569. The molecule has 1 aliphatic carbocycles. The van der Waals surface area contributed by atoms with Crippen LogP contribution in [0.15, 0.2) is 18.3 Å². The number of carbonyl (C=O) groups is 1. The number of pyridine rings is 1. The number of rotatable bonds is 3. The maximum absolute atomic E-state index is 12.5. The quantitative estimate of drug-likeness (QED) is 0.836. The summed E-state index contributed by atoms with van der Waals surface area (Å²) in [5.74, 6) is 1.41. The van der Waals surface area contributed by atoms with Gasteiger partial charge in [0.25, 0.3) is 0 Å². The van der Waals surface area contributed by atoms with Crippen LogP contribution in [-0.4, -0.2) is 37.1 Å². The highest BCUT2D eigenvalue weighted by Gasteiger charge is 2.57. The lowest BCUT2D eigenvalue weighted by Gasteiger charge is -2.27. The first kappa shape index (κ1) is 20.3. The first-order chi connectivity index (χ1) is 11.3. The van der Waals surface area contributed by atoms with Crippen LogP contribution >= 0.6 is 24.8 Å². The van der Waals surface area contributed by atoms with E-state index in [1.165, 1.54) is 19.3 Å². The molecule has 1 aromatic rings. The summed E-state index contributed by atoms with van der Waals surface area (Å²) in [5, 5.41) is 6.45.